The van der Waals surface area contributed by atoms with Gasteiger partial charge in [-0.2, -0.15) is 4.39 Å². The van der Waals surface area contributed by atoms with Gasteiger partial charge in [0.25, 0.3) is 0 Å². The highest BCUT2D eigenvalue weighted by Crippen LogP contribution is 2.27. The first-order valence-electron chi connectivity index (χ1n) is 5.02. The van der Waals surface area contributed by atoms with Crippen molar-refractivity contribution in [3.63, 3.8) is 0 Å². The summed E-state index contributed by atoms with van der Waals surface area (Å²) in [4.78, 5) is 16.8. The molecule has 0 bridgehead atoms. The molecule has 80 valence electrons. The standard InChI is InChI=1S/C11H13FN2O/c1-14-5-4-8(6-11(14)15)9-2-3-10(12)13-7-9/h2-3,7-8H,4-6H2,1H3/t8-/m0/s1. The van der Waals surface area contributed by atoms with E-state index < -0.39 is 5.95 Å². The molecule has 1 fully saturated rings. The van der Waals surface area contributed by atoms with Crippen molar-refractivity contribution in [2.75, 3.05) is 13.6 Å². The number of carbonyl (C=O) groups excluding carboxylic acids is 1. The van der Waals surface area contributed by atoms with Crippen LogP contribution in [-0.4, -0.2) is 29.4 Å². The maximum Gasteiger partial charge on any atom is 0.222 e. The number of rotatable bonds is 1. The maximum absolute atomic E-state index is 12.6. The van der Waals surface area contributed by atoms with E-state index in [1.165, 1.54) is 12.3 Å². The first-order valence-corrected chi connectivity index (χ1v) is 5.02. The summed E-state index contributed by atoms with van der Waals surface area (Å²) in [6, 6.07) is 3.06. The van der Waals surface area contributed by atoms with E-state index >= 15 is 0 Å². The molecule has 1 aromatic heterocycles. The Morgan fingerprint density at radius 1 is 1.53 bits per heavy atom. The summed E-state index contributed by atoms with van der Waals surface area (Å²) >= 11 is 0. The van der Waals surface area contributed by atoms with Crippen molar-refractivity contribution in [3.8, 4) is 0 Å². The van der Waals surface area contributed by atoms with E-state index in [0.717, 1.165) is 18.5 Å². The molecule has 0 radical (unpaired) electrons. The van der Waals surface area contributed by atoms with Crippen molar-refractivity contribution in [1.82, 2.24) is 9.88 Å². The second-order valence-electron chi connectivity index (χ2n) is 3.92. The Hall–Kier alpha value is -1.45. The fraction of sp³-hybridized carbons (Fsp3) is 0.455. The second kappa shape index (κ2) is 3.96. The minimum atomic E-state index is -0.474. The van der Waals surface area contributed by atoms with Crippen LogP contribution in [0.3, 0.4) is 0 Å². The minimum Gasteiger partial charge on any atom is -0.346 e. The van der Waals surface area contributed by atoms with E-state index in [2.05, 4.69) is 4.98 Å². The van der Waals surface area contributed by atoms with Gasteiger partial charge in [0, 0.05) is 26.2 Å². The smallest absolute Gasteiger partial charge is 0.222 e. The number of likely N-dealkylation sites (tertiary alicyclic amines) is 1. The Kier molecular flexibility index (Phi) is 2.66. The molecular formula is C11H13FN2O. The highest BCUT2D eigenvalue weighted by atomic mass is 19.1. The fourth-order valence-corrected chi connectivity index (χ4v) is 1.86. The number of pyridine rings is 1. The molecule has 3 nitrogen and oxygen atoms in total. The van der Waals surface area contributed by atoms with Crippen LogP contribution < -0.4 is 0 Å². The van der Waals surface area contributed by atoms with Gasteiger partial charge in [0.2, 0.25) is 11.9 Å². The third kappa shape index (κ3) is 2.14. The molecule has 2 rings (SSSR count). The zero-order valence-electron chi connectivity index (χ0n) is 8.61. The Labute approximate surface area is 87.9 Å². The lowest BCUT2D eigenvalue weighted by molar-refractivity contribution is -0.132. The van der Waals surface area contributed by atoms with Crippen molar-refractivity contribution in [2.24, 2.45) is 0 Å². The summed E-state index contributed by atoms with van der Waals surface area (Å²) in [5, 5.41) is 0. The molecular weight excluding hydrogens is 195 g/mol. The molecule has 0 spiro atoms. The van der Waals surface area contributed by atoms with E-state index in [1.807, 2.05) is 7.05 Å². The van der Waals surface area contributed by atoms with Gasteiger partial charge in [-0.05, 0) is 24.0 Å². The normalized spacial score (nSPS) is 21.9. The summed E-state index contributed by atoms with van der Waals surface area (Å²) in [6.07, 6.45) is 2.96. The SMILES string of the molecule is CN1CC[C@H](c2ccc(F)nc2)CC1=O. The Balaban J connectivity index is 2.12. The van der Waals surface area contributed by atoms with Gasteiger partial charge in [0.15, 0.2) is 0 Å². The van der Waals surface area contributed by atoms with E-state index in [4.69, 9.17) is 0 Å². The van der Waals surface area contributed by atoms with Crippen molar-refractivity contribution < 1.29 is 9.18 Å². The summed E-state index contributed by atoms with van der Waals surface area (Å²) in [5.74, 6) is -0.129. The van der Waals surface area contributed by atoms with Crippen LogP contribution in [-0.2, 0) is 4.79 Å². The number of carbonyl (C=O) groups is 1. The van der Waals surface area contributed by atoms with Crippen molar-refractivity contribution in [3.05, 3.63) is 29.8 Å². The van der Waals surface area contributed by atoms with Crippen LogP contribution in [0.4, 0.5) is 4.39 Å². The lowest BCUT2D eigenvalue weighted by Gasteiger charge is -2.28. The largest absolute Gasteiger partial charge is 0.346 e. The maximum atomic E-state index is 12.6. The molecule has 15 heavy (non-hydrogen) atoms. The number of amides is 1. The Bertz CT molecular complexity index is 363. The van der Waals surface area contributed by atoms with E-state index in [0.29, 0.717) is 6.42 Å². The van der Waals surface area contributed by atoms with Crippen molar-refractivity contribution >= 4 is 5.91 Å². The molecule has 1 aromatic rings. The second-order valence-corrected chi connectivity index (χ2v) is 3.92. The Morgan fingerprint density at radius 2 is 2.33 bits per heavy atom. The molecule has 1 saturated heterocycles. The number of hydrogen-bond donors (Lipinski definition) is 0. The van der Waals surface area contributed by atoms with Crippen LogP contribution in [0.1, 0.15) is 24.3 Å². The van der Waals surface area contributed by atoms with Gasteiger partial charge in [-0.1, -0.05) is 6.07 Å². The summed E-state index contributed by atoms with van der Waals surface area (Å²) < 4.78 is 12.6. The lowest BCUT2D eigenvalue weighted by Crippen LogP contribution is -2.34. The van der Waals surface area contributed by atoms with Gasteiger partial charge < -0.3 is 4.90 Å². The molecule has 1 amide bonds. The monoisotopic (exact) mass is 208 g/mol. The number of nitrogens with zero attached hydrogens (tertiary/aromatic N) is 2. The van der Waals surface area contributed by atoms with Gasteiger partial charge in [0.05, 0.1) is 0 Å². The molecule has 2 heterocycles. The molecule has 0 N–H and O–H groups in total. The first-order chi connectivity index (χ1) is 7.16. The molecule has 1 aliphatic rings. The molecule has 0 aromatic carbocycles. The topological polar surface area (TPSA) is 33.2 Å². The van der Waals surface area contributed by atoms with Crippen molar-refractivity contribution in [2.45, 2.75) is 18.8 Å². The van der Waals surface area contributed by atoms with Crippen LogP contribution in [0, 0.1) is 5.95 Å². The molecule has 0 saturated carbocycles. The van der Waals surface area contributed by atoms with Gasteiger partial charge >= 0.3 is 0 Å². The summed E-state index contributed by atoms with van der Waals surface area (Å²) in [7, 11) is 1.81. The van der Waals surface area contributed by atoms with E-state index in [9.17, 15) is 9.18 Å². The average molecular weight is 208 g/mol. The van der Waals surface area contributed by atoms with Gasteiger partial charge in [0.1, 0.15) is 0 Å². The van der Waals surface area contributed by atoms with Crippen molar-refractivity contribution in [1.29, 1.82) is 0 Å². The lowest BCUT2D eigenvalue weighted by atomic mass is 9.90. The highest BCUT2D eigenvalue weighted by Gasteiger charge is 2.24. The Morgan fingerprint density at radius 3 is 2.93 bits per heavy atom. The predicted octanol–water partition coefficient (Wildman–Crippen LogP) is 1.56. The fourth-order valence-electron chi connectivity index (χ4n) is 1.86. The average Bonchev–Trinajstić information content (AvgIpc) is 2.23. The molecule has 1 aliphatic heterocycles. The molecule has 1 atom stereocenters. The summed E-state index contributed by atoms with van der Waals surface area (Å²) in [5.41, 5.74) is 0.956. The first kappa shape index (κ1) is 10.1. The van der Waals surface area contributed by atoms with Crippen LogP contribution in [0.15, 0.2) is 18.3 Å². The zero-order valence-corrected chi connectivity index (χ0v) is 8.61. The third-order valence-electron chi connectivity index (χ3n) is 2.88. The minimum absolute atomic E-state index is 0.149. The highest BCUT2D eigenvalue weighted by molar-refractivity contribution is 5.77. The molecule has 0 aliphatic carbocycles. The zero-order chi connectivity index (χ0) is 10.8. The van der Waals surface area contributed by atoms with Gasteiger partial charge in [-0.15, -0.1) is 0 Å². The molecule has 4 heteroatoms. The summed E-state index contributed by atoms with van der Waals surface area (Å²) in [6.45, 7) is 0.765. The predicted molar refractivity (Wildman–Crippen MR) is 53.8 cm³/mol. The number of halogens is 1. The van der Waals surface area contributed by atoms with Crippen LogP contribution in [0.2, 0.25) is 0 Å². The molecule has 0 unspecified atom stereocenters. The van der Waals surface area contributed by atoms with E-state index in [1.54, 1.807) is 11.0 Å². The van der Waals surface area contributed by atoms with Crippen LogP contribution in [0.25, 0.3) is 0 Å². The van der Waals surface area contributed by atoms with E-state index in [-0.39, 0.29) is 11.8 Å². The van der Waals surface area contributed by atoms with Crippen LogP contribution >= 0.6 is 0 Å². The third-order valence-corrected chi connectivity index (χ3v) is 2.88. The van der Waals surface area contributed by atoms with Crippen LogP contribution in [0.5, 0.6) is 0 Å². The van der Waals surface area contributed by atoms with Gasteiger partial charge in [-0.3, -0.25) is 4.79 Å². The van der Waals surface area contributed by atoms with Gasteiger partial charge in [-0.25, -0.2) is 4.98 Å². The number of aromatic nitrogens is 1. The number of piperidine rings is 1. The quantitative estimate of drug-likeness (QED) is 0.656. The number of hydrogen-bond acceptors (Lipinski definition) is 2.